The molecule has 0 amide bonds. The first-order valence-electron chi connectivity index (χ1n) is 11.1. The minimum Gasteiger partial charge on any atom is -0.491 e. The summed E-state index contributed by atoms with van der Waals surface area (Å²) in [6.07, 6.45) is 1.30. The van der Waals surface area contributed by atoms with Gasteiger partial charge >= 0.3 is 5.69 Å². The minimum absolute atomic E-state index is 0.0711. The molecule has 1 fully saturated rings. The number of piperidine rings is 1. The van der Waals surface area contributed by atoms with Crippen molar-refractivity contribution in [1.29, 1.82) is 0 Å². The van der Waals surface area contributed by atoms with Gasteiger partial charge in [-0.2, -0.15) is 4.98 Å². The van der Waals surface area contributed by atoms with E-state index in [9.17, 15) is 14.7 Å². The van der Waals surface area contributed by atoms with Crippen molar-refractivity contribution in [3.8, 4) is 5.75 Å². The van der Waals surface area contributed by atoms with E-state index in [-0.39, 0.29) is 18.7 Å². The first-order chi connectivity index (χ1) is 15.2. The fourth-order valence-electron chi connectivity index (χ4n) is 4.27. The number of hydrogen-bond donors (Lipinski definition) is 2. The number of nitrogens with one attached hydrogen (secondary N) is 1. The molecule has 3 aromatic rings. The van der Waals surface area contributed by atoms with E-state index in [1.165, 1.54) is 10.1 Å². The lowest BCUT2D eigenvalue weighted by molar-refractivity contribution is 0.0935. The third kappa shape index (κ3) is 4.29. The number of hydrogen-bond acceptors (Lipinski definition) is 6. The smallest absolute Gasteiger partial charge is 0.329 e. The molecule has 32 heavy (non-hydrogen) atoms. The van der Waals surface area contributed by atoms with Gasteiger partial charge in [0.25, 0.3) is 5.56 Å². The van der Waals surface area contributed by atoms with E-state index in [0.717, 1.165) is 31.5 Å². The van der Waals surface area contributed by atoms with Crippen LogP contribution in [0.15, 0.2) is 27.8 Å². The van der Waals surface area contributed by atoms with Crippen LogP contribution >= 0.6 is 0 Å². The van der Waals surface area contributed by atoms with E-state index < -0.39 is 17.4 Å². The lowest BCUT2D eigenvalue weighted by Crippen LogP contribution is -2.37. The van der Waals surface area contributed by atoms with Gasteiger partial charge in [-0.05, 0) is 55.9 Å². The molecule has 1 aliphatic heterocycles. The van der Waals surface area contributed by atoms with E-state index in [0.29, 0.717) is 23.3 Å². The maximum absolute atomic E-state index is 12.7. The maximum atomic E-state index is 12.7. The number of aromatic amines is 1. The highest BCUT2D eigenvalue weighted by Crippen LogP contribution is 2.25. The zero-order valence-electron chi connectivity index (χ0n) is 19.1. The Bertz CT molecular complexity index is 1240. The van der Waals surface area contributed by atoms with E-state index >= 15 is 0 Å². The summed E-state index contributed by atoms with van der Waals surface area (Å²) in [7, 11) is 1.58. The Balaban J connectivity index is 1.65. The quantitative estimate of drug-likeness (QED) is 0.603. The normalized spacial score (nSPS) is 17.7. The van der Waals surface area contributed by atoms with Crippen LogP contribution in [0.25, 0.3) is 11.2 Å². The SMILES string of the molecule is Cc1ccc(OC[C@H](O)Cn2c(N3CCC[C@H](C)C3)nc3c2c(=O)[nH]c(=O)n3C)cc1C. The Labute approximate surface area is 186 Å². The molecule has 1 saturated heterocycles. The summed E-state index contributed by atoms with van der Waals surface area (Å²) in [6.45, 7) is 8.06. The van der Waals surface area contributed by atoms with Crippen LogP contribution in [0.1, 0.15) is 30.9 Å². The highest BCUT2D eigenvalue weighted by molar-refractivity contribution is 5.74. The van der Waals surface area contributed by atoms with E-state index in [4.69, 9.17) is 4.74 Å². The van der Waals surface area contributed by atoms with E-state index in [1.54, 1.807) is 11.6 Å². The molecule has 1 aromatic carbocycles. The summed E-state index contributed by atoms with van der Waals surface area (Å²) < 4.78 is 8.86. The number of aryl methyl sites for hydroxylation is 3. The molecule has 0 bridgehead atoms. The fraction of sp³-hybridized carbons (Fsp3) is 0.522. The Morgan fingerprint density at radius 2 is 2.06 bits per heavy atom. The molecule has 0 aliphatic carbocycles. The van der Waals surface area contributed by atoms with Gasteiger partial charge in [-0.1, -0.05) is 13.0 Å². The Morgan fingerprint density at radius 1 is 1.28 bits per heavy atom. The highest BCUT2D eigenvalue weighted by atomic mass is 16.5. The van der Waals surface area contributed by atoms with Crippen LogP contribution in [0.2, 0.25) is 0 Å². The number of imidazole rings is 1. The molecule has 9 nitrogen and oxygen atoms in total. The van der Waals surface area contributed by atoms with Crippen molar-refractivity contribution in [2.75, 3.05) is 24.6 Å². The zero-order valence-corrected chi connectivity index (χ0v) is 19.1. The second-order valence-electron chi connectivity index (χ2n) is 8.92. The first kappa shape index (κ1) is 22.1. The van der Waals surface area contributed by atoms with Crippen molar-refractivity contribution in [3.05, 3.63) is 50.2 Å². The standard InChI is InChI=1S/C23H31N5O4/c1-14-6-5-9-27(11-14)22-24-20-19(21(30)25-23(31)26(20)4)28(22)12-17(29)13-32-18-8-7-15(2)16(3)10-18/h7-8,10,14,17,29H,5-6,9,11-13H2,1-4H3,(H,25,30,31)/t14-,17+/m0/s1. The predicted octanol–water partition coefficient (Wildman–Crippen LogP) is 1.72. The number of anilines is 1. The Kier molecular flexibility index (Phi) is 6.10. The monoisotopic (exact) mass is 441 g/mol. The number of H-pyrrole nitrogens is 1. The van der Waals surface area contributed by atoms with Crippen molar-refractivity contribution in [3.63, 3.8) is 0 Å². The molecule has 2 N–H and O–H groups in total. The molecule has 0 radical (unpaired) electrons. The third-order valence-electron chi connectivity index (χ3n) is 6.24. The number of fused-ring (bicyclic) bond motifs is 1. The van der Waals surface area contributed by atoms with Crippen LogP contribution < -0.4 is 20.9 Å². The summed E-state index contributed by atoms with van der Waals surface area (Å²) >= 11 is 0. The van der Waals surface area contributed by atoms with Gasteiger partial charge in [-0.15, -0.1) is 0 Å². The minimum atomic E-state index is -0.869. The molecule has 1 aliphatic rings. The average Bonchev–Trinajstić information content (AvgIpc) is 3.13. The molecular formula is C23H31N5O4. The number of aliphatic hydroxyl groups is 1. The first-order valence-corrected chi connectivity index (χ1v) is 11.1. The van der Waals surface area contributed by atoms with Gasteiger partial charge in [-0.25, -0.2) is 4.79 Å². The molecule has 2 aromatic heterocycles. The van der Waals surface area contributed by atoms with Gasteiger partial charge in [0.1, 0.15) is 18.5 Å². The molecule has 0 unspecified atom stereocenters. The fourth-order valence-corrected chi connectivity index (χ4v) is 4.27. The highest BCUT2D eigenvalue weighted by Gasteiger charge is 2.26. The molecule has 0 spiro atoms. The second kappa shape index (κ2) is 8.82. The number of ether oxygens (including phenoxy) is 1. The summed E-state index contributed by atoms with van der Waals surface area (Å²) in [5, 5.41) is 10.8. The Hall–Kier alpha value is -3.07. The topological polar surface area (TPSA) is 105 Å². The van der Waals surface area contributed by atoms with Crippen LogP contribution in [0.4, 0.5) is 5.95 Å². The summed E-state index contributed by atoms with van der Waals surface area (Å²) in [4.78, 5) is 34.0. The van der Waals surface area contributed by atoms with Gasteiger partial charge in [0.2, 0.25) is 5.95 Å². The number of rotatable bonds is 6. The van der Waals surface area contributed by atoms with Gasteiger partial charge < -0.3 is 19.3 Å². The second-order valence-corrected chi connectivity index (χ2v) is 8.92. The maximum Gasteiger partial charge on any atom is 0.329 e. The number of nitrogens with zero attached hydrogens (tertiary/aromatic N) is 4. The van der Waals surface area contributed by atoms with Crippen LogP contribution in [-0.2, 0) is 13.6 Å². The molecule has 172 valence electrons. The predicted molar refractivity (Wildman–Crippen MR) is 124 cm³/mol. The van der Waals surface area contributed by atoms with Crippen LogP contribution in [0.5, 0.6) is 5.75 Å². The van der Waals surface area contributed by atoms with E-state index in [1.807, 2.05) is 32.0 Å². The molecule has 2 atom stereocenters. The van der Waals surface area contributed by atoms with Crippen LogP contribution in [0, 0.1) is 19.8 Å². The molecule has 3 heterocycles. The molecule has 9 heteroatoms. The summed E-state index contributed by atoms with van der Waals surface area (Å²) in [6, 6.07) is 5.80. The Morgan fingerprint density at radius 3 is 2.78 bits per heavy atom. The summed E-state index contributed by atoms with van der Waals surface area (Å²) in [5.41, 5.74) is 1.87. The van der Waals surface area contributed by atoms with Crippen molar-refractivity contribution < 1.29 is 9.84 Å². The lowest BCUT2D eigenvalue weighted by atomic mass is 10.0. The van der Waals surface area contributed by atoms with Crippen molar-refractivity contribution in [2.45, 2.75) is 46.3 Å². The van der Waals surface area contributed by atoms with Gasteiger partial charge in [-0.3, -0.25) is 14.3 Å². The number of aliphatic hydroxyl groups excluding tert-OH is 1. The van der Waals surface area contributed by atoms with Gasteiger partial charge in [0.15, 0.2) is 11.2 Å². The van der Waals surface area contributed by atoms with Gasteiger partial charge in [0, 0.05) is 20.1 Å². The van der Waals surface area contributed by atoms with Crippen molar-refractivity contribution in [1.82, 2.24) is 19.1 Å². The molecule has 0 saturated carbocycles. The number of aromatic nitrogens is 4. The van der Waals surface area contributed by atoms with Gasteiger partial charge in [0.05, 0.1) is 6.54 Å². The summed E-state index contributed by atoms with van der Waals surface area (Å²) in [5.74, 6) is 1.79. The third-order valence-corrected chi connectivity index (χ3v) is 6.24. The zero-order chi connectivity index (χ0) is 23.0. The van der Waals surface area contributed by atoms with Crippen LogP contribution in [0.3, 0.4) is 0 Å². The molecule has 4 rings (SSSR count). The van der Waals surface area contributed by atoms with E-state index in [2.05, 4.69) is 21.8 Å². The van der Waals surface area contributed by atoms with Crippen LogP contribution in [-0.4, -0.2) is 50.0 Å². The average molecular weight is 442 g/mol. The van der Waals surface area contributed by atoms with Crippen molar-refractivity contribution >= 4 is 17.1 Å². The molecular weight excluding hydrogens is 410 g/mol. The lowest BCUT2D eigenvalue weighted by Gasteiger charge is -2.32. The van der Waals surface area contributed by atoms with Crippen molar-refractivity contribution in [2.24, 2.45) is 13.0 Å². The largest absolute Gasteiger partial charge is 0.491 e. The number of benzene rings is 1.